The molecule has 1 aliphatic rings. The van der Waals surface area contributed by atoms with Gasteiger partial charge in [0.05, 0.1) is 5.02 Å². The molecule has 0 spiro atoms. The van der Waals surface area contributed by atoms with Crippen molar-refractivity contribution in [3.63, 3.8) is 0 Å². The Morgan fingerprint density at radius 2 is 2.21 bits per heavy atom. The first-order valence-corrected chi connectivity index (χ1v) is 7.64. The zero-order valence-corrected chi connectivity index (χ0v) is 12.9. The van der Waals surface area contributed by atoms with Crippen molar-refractivity contribution in [3.05, 3.63) is 22.8 Å². The molecule has 1 N–H and O–H groups in total. The zero-order valence-electron chi connectivity index (χ0n) is 12.1. The predicted octanol–water partition coefficient (Wildman–Crippen LogP) is 3.61. The second-order valence-corrected chi connectivity index (χ2v) is 6.00. The van der Waals surface area contributed by atoms with Crippen molar-refractivity contribution in [2.75, 3.05) is 11.4 Å². The lowest BCUT2D eigenvalue weighted by atomic mass is 10.2. The van der Waals surface area contributed by atoms with Crippen LogP contribution >= 0.6 is 11.6 Å². The first-order chi connectivity index (χ1) is 9.11. The average molecular weight is 282 g/mol. The zero-order chi connectivity index (χ0) is 13.8. The predicted molar refractivity (Wildman–Crippen MR) is 81.9 cm³/mol. The molecular formula is C15H24ClN3. The van der Waals surface area contributed by atoms with Crippen LogP contribution in [-0.4, -0.2) is 23.6 Å². The minimum atomic E-state index is 0.461. The number of anilines is 1. The first kappa shape index (κ1) is 14.6. The van der Waals surface area contributed by atoms with Crippen LogP contribution in [0.2, 0.25) is 5.02 Å². The summed E-state index contributed by atoms with van der Waals surface area (Å²) in [5.41, 5.74) is 1.14. The fourth-order valence-electron chi connectivity index (χ4n) is 2.19. The molecule has 1 aromatic heterocycles. The molecule has 1 saturated carbocycles. The van der Waals surface area contributed by atoms with Crippen molar-refractivity contribution in [2.24, 2.45) is 0 Å². The summed E-state index contributed by atoms with van der Waals surface area (Å²) in [6, 6.07) is 3.30. The third-order valence-corrected chi connectivity index (χ3v) is 3.71. The normalized spacial score (nSPS) is 15.0. The quantitative estimate of drug-likeness (QED) is 0.827. The number of pyridine rings is 1. The van der Waals surface area contributed by atoms with Crippen molar-refractivity contribution >= 4 is 17.4 Å². The van der Waals surface area contributed by atoms with E-state index in [1.807, 2.05) is 0 Å². The molecule has 0 saturated heterocycles. The van der Waals surface area contributed by atoms with Gasteiger partial charge in [-0.3, -0.25) is 0 Å². The summed E-state index contributed by atoms with van der Waals surface area (Å²) in [5, 5.41) is 4.17. The maximum Gasteiger partial charge on any atom is 0.129 e. The molecule has 1 aromatic rings. The van der Waals surface area contributed by atoms with E-state index in [1.165, 1.54) is 12.8 Å². The average Bonchev–Trinajstić information content (AvgIpc) is 3.19. The minimum absolute atomic E-state index is 0.461. The van der Waals surface area contributed by atoms with Gasteiger partial charge in [-0.15, -0.1) is 0 Å². The third kappa shape index (κ3) is 4.08. The number of nitrogens with zero attached hydrogens (tertiary/aromatic N) is 2. The molecule has 4 heteroatoms. The number of aromatic nitrogens is 1. The molecule has 0 atom stereocenters. The molecule has 1 heterocycles. The Morgan fingerprint density at radius 1 is 1.47 bits per heavy atom. The van der Waals surface area contributed by atoms with Crippen LogP contribution < -0.4 is 10.2 Å². The van der Waals surface area contributed by atoms with Crippen molar-refractivity contribution in [1.29, 1.82) is 0 Å². The molecule has 2 rings (SSSR count). The van der Waals surface area contributed by atoms with Gasteiger partial charge in [-0.1, -0.05) is 32.4 Å². The monoisotopic (exact) mass is 281 g/mol. The number of hydrogen-bond acceptors (Lipinski definition) is 3. The molecule has 0 amide bonds. The maximum atomic E-state index is 6.24. The van der Waals surface area contributed by atoms with Gasteiger partial charge in [-0.25, -0.2) is 4.98 Å². The summed E-state index contributed by atoms with van der Waals surface area (Å²) >= 11 is 6.24. The molecule has 0 bridgehead atoms. The molecule has 0 aromatic carbocycles. The van der Waals surface area contributed by atoms with Crippen LogP contribution in [-0.2, 0) is 6.54 Å². The van der Waals surface area contributed by atoms with Gasteiger partial charge in [0.1, 0.15) is 5.82 Å². The lowest BCUT2D eigenvalue weighted by Gasteiger charge is -2.23. The van der Waals surface area contributed by atoms with E-state index in [4.69, 9.17) is 11.6 Å². The van der Waals surface area contributed by atoms with E-state index in [9.17, 15) is 0 Å². The molecule has 0 unspecified atom stereocenters. The molecule has 1 fully saturated rings. The fourth-order valence-corrected chi connectivity index (χ4v) is 2.36. The van der Waals surface area contributed by atoms with Gasteiger partial charge in [0.25, 0.3) is 0 Å². The van der Waals surface area contributed by atoms with Crippen LogP contribution in [0.3, 0.4) is 0 Å². The Balaban J connectivity index is 2.13. The van der Waals surface area contributed by atoms with Crippen LogP contribution in [0.15, 0.2) is 12.3 Å². The number of rotatable bonds is 7. The number of nitrogens with one attached hydrogen (secondary N) is 1. The molecular weight excluding hydrogens is 258 g/mol. The SMILES string of the molecule is CCCN(c1cc(CNC(C)C)c(Cl)cn1)C1CC1. The molecule has 0 aliphatic heterocycles. The largest absolute Gasteiger partial charge is 0.354 e. The lowest BCUT2D eigenvalue weighted by Crippen LogP contribution is -2.28. The van der Waals surface area contributed by atoms with Crippen molar-refractivity contribution < 1.29 is 0 Å². The van der Waals surface area contributed by atoms with Gasteiger partial charge in [0, 0.05) is 31.4 Å². The van der Waals surface area contributed by atoms with E-state index >= 15 is 0 Å². The highest BCUT2D eigenvalue weighted by molar-refractivity contribution is 6.31. The lowest BCUT2D eigenvalue weighted by molar-refractivity contribution is 0.588. The van der Waals surface area contributed by atoms with Gasteiger partial charge in [0.2, 0.25) is 0 Å². The highest BCUT2D eigenvalue weighted by atomic mass is 35.5. The molecule has 1 aliphatic carbocycles. The van der Waals surface area contributed by atoms with Crippen LogP contribution in [0.1, 0.15) is 45.6 Å². The van der Waals surface area contributed by atoms with E-state index in [1.54, 1.807) is 6.20 Å². The van der Waals surface area contributed by atoms with Crippen molar-refractivity contribution in [1.82, 2.24) is 10.3 Å². The molecule has 3 nitrogen and oxygen atoms in total. The second-order valence-electron chi connectivity index (χ2n) is 5.59. The standard InChI is InChI=1S/C15H24ClN3/c1-4-7-19(13-5-6-13)15-8-12(9-17-11(2)3)14(16)10-18-15/h8,10-11,13,17H,4-7,9H2,1-3H3. The van der Waals surface area contributed by atoms with Gasteiger partial charge in [-0.2, -0.15) is 0 Å². The van der Waals surface area contributed by atoms with Gasteiger partial charge < -0.3 is 10.2 Å². The van der Waals surface area contributed by atoms with Crippen LogP contribution in [0, 0.1) is 0 Å². The highest BCUT2D eigenvalue weighted by Gasteiger charge is 2.29. The Hall–Kier alpha value is -0.800. The van der Waals surface area contributed by atoms with Crippen LogP contribution in [0.25, 0.3) is 0 Å². The fraction of sp³-hybridized carbons (Fsp3) is 0.667. The summed E-state index contributed by atoms with van der Waals surface area (Å²) in [5.74, 6) is 1.08. The first-order valence-electron chi connectivity index (χ1n) is 7.26. The van der Waals surface area contributed by atoms with Crippen molar-refractivity contribution in [3.8, 4) is 0 Å². The Bertz CT molecular complexity index is 416. The van der Waals surface area contributed by atoms with E-state index in [2.05, 4.69) is 42.0 Å². The topological polar surface area (TPSA) is 28.2 Å². The van der Waals surface area contributed by atoms with Gasteiger partial charge >= 0.3 is 0 Å². The Labute approximate surface area is 121 Å². The summed E-state index contributed by atoms with van der Waals surface area (Å²) in [7, 11) is 0. The molecule has 0 radical (unpaired) electrons. The summed E-state index contributed by atoms with van der Waals surface area (Å²) in [4.78, 5) is 6.94. The van der Waals surface area contributed by atoms with Gasteiger partial charge in [0.15, 0.2) is 0 Å². The summed E-state index contributed by atoms with van der Waals surface area (Å²) in [6.07, 6.45) is 5.54. The Morgan fingerprint density at radius 3 is 2.79 bits per heavy atom. The van der Waals surface area contributed by atoms with E-state index < -0.39 is 0 Å². The third-order valence-electron chi connectivity index (χ3n) is 3.37. The summed E-state index contributed by atoms with van der Waals surface area (Å²) < 4.78 is 0. The van der Waals surface area contributed by atoms with Gasteiger partial charge in [-0.05, 0) is 30.9 Å². The maximum absolute atomic E-state index is 6.24. The van der Waals surface area contributed by atoms with Crippen LogP contribution in [0.5, 0.6) is 0 Å². The molecule has 19 heavy (non-hydrogen) atoms. The Kier molecular flexibility index (Phi) is 5.06. The number of hydrogen-bond donors (Lipinski definition) is 1. The molecule has 106 valence electrons. The summed E-state index contributed by atoms with van der Waals surface area (Å²) in [6.45, 7) is 8.38. The van der Waals surface area contributed by atoms with E-state index in [0.29, 0.717) is 12.1 Å². The van der Waals surface area contributed by atoms with E-state index in [-0.39, 0.29) is 0 Å². The van der Waals surface area contributed by atoms with E-state index in [0.717, 1.165) is 35.9 Å². The second kappa shape index (κ2) is 6.58. The van der Waals surface area contributed by atoms with Crippen LogP contribution in [0.4, 0.5) is 5.82 Å². The highest BCUT2D eigenvalue weighted by Crippen LogP contribution is 2.32. The minimum Gasteiger partial charge on any atom is -0.354 e. The smallest absolute Gasteiger partial charge is 0.129 e. The van der Waals surface area contributed by atoms with Crippen molar-refractivity contribution in [2.45, 2.75) is 58.7 Å². The number of halogens is 1.